The van der Waals surface area contributed by atoms with Crippen LogP contribution in [0, 0.1) is 0 Å². The van der Waals surface area contributed by atoms with Crippen molar-refractivity contribution in [1.82, 2.24) is 10.2 Å². The average molecular weight is 198 g/mol. The van der Waals surface area contributed by atoms with Gasteiger partial charge in [-0.05, 0) is 40.7 Å². The molecule has 0 aliphatic heterocycles. The van der Waals surface area contributed by atoms with Crippen LogP contribution in [0.5, 0.6) is 0 Å². The molecule has 0 fully saturated rings. The second-order valence-corrected chi connectivity index (χ2v) is 4.30. The molecule has 0 aromatic rings. The van der Waals surface area contributed by atoms with Crippen molar-refractivity contribution in [3.63, 3.8) is 0 Å². The van der Waals surface area contributed by atoms with Gasteiger partial charge in [-0.2, -0.15) is 0 Å². The summed E-state index contributed by atoms with van der Waals surface area (Å²) in [5.74, 6) is 0. The van der Waals surface area contributed by atoms with Crippen molar-refractivity contribution in [3.8, 4) is 0 Å². The van der Waals surface area contributed by atoms with E-state index in [1.54, 1.807) is 0 Å². The fourth-order valence-corrected chi connectivity index (χ4v) is 1.22. The van der Waals surface area contributed by atoms with Gasteiger partial charge in [-0.1, -0.05) is 6.08 Å². The normalized spacial score (nSPS) is 13.6. The molecular formula is C12H26N2. The molecule has 0 spiro atoms. The number of likely N-dealkylation sites (N-methyl/N-ethyl adjacent to an activating group) is 1. The first-order valence-corrected chi connectivity index (χ1v) is 5.62. The summed E-state index contributed by atoms with van der Waals surface area (Å²) in [7, 11) is 2.17. The van der Waals surface area contributed by atoms with Crippen molar-refractivity contribution in [2.75, 3.05) is 20.1 Å². The maximum atomic E-state index is 3.73. The van der Waals surface area contributed by atoms with E-state index in [0.717, 1.165) is 19.5 Å². The molecule has 0 heterocycles. The first-order chi connectivity index (χ1) is 6.57. The van der Waals surface area contributed by atoms with Crippen molar-refractivity contribution in [2.45, 2.75) is 45.7 Å². The lowest BCUT2D eigenvalue weighted by atomic mass is 10.2. The first-order valence-electron chi connectivity index (χ1n) is 5.62. The van der Waals surface area contributed by atoms with Crippen LogP contribution in [0.1, 0.15) is 33.6 Å². The van der Waals surface area contributed by atoms with Crippen LogP contribution >= 0.6 is 0 Å². The van der Waals surface area contributed by atoms with E-state index >= 15 is 0 Å². The Hall–Kier alpha value is -0.340. The fourth-order valence-electron chi connectivity index (χ4n) is 1.22. The number of hydrogen-bond acceptors (Lipinski definition) is 2. The third kappa shape index (κ3) is 7.10. The molecule has 0 radical (unpaired) electrons. The topological polar surface area (TPSA) is 15.3 Å². The number of rotatable bonds is 8. The Morgan fingerprint density at radius 3 is 2.50 bits per heavy atom. The van der Waals surface area contributed by atoms with E-state index in [-0.39, 0.29) is 0 Å². The van der Waals surface area contributed by atoms with E-state index in [1.165, 1.54) is 6.42 Å². The van der Waals surface area contributed by atoms with E-state index in [9.17, 15) is 0 Å². The second kappa shape index (κ2) is 8.01. The van der Waals surface area contributed by atoms with Crippen molar-refractivity contribution in [2.24, 2.45) is 0 Å². The molecule has 2 heteroatoms. The van der Waals surface area contributed by atoms with E-state index in [2.05, 4.69) is 44.6 Å². The number of nitrogens with zero attached hydrogens (tertiary/aromatic N) is 1. The maximum Gasteiger partial charge on any atom is 0.0107 e. The summed E-state index contributed by atoms with van der Waals surface area (Å²) >= 11 is 0. The predicted molar refractivity (Wildman–Crippen MR) is 64.7 cm³/mol. The fraction of sp³-hybridized carbons (Fsp3) is 0.833. The Morgan fingerprint density at radius 2 is 2.00 bits per heavy atom. The lowest BCUT2D eigenvalue weighted by Crippen LogP contribution is -2.36. The van der Waals surface area contributed by atoms with Crippen LogP contribution in [-0.2, 0) is 0 Å². The van der Waals surface area contributed by atoms with Gasteiger partial charge < -0.3 is 10.2 Å². The zero-order chi connectivity index (χ0) is 11.0. The van der Waals surface area contributed by atoms with Gasteiger partial charge in [0.25, 0.3) is 0 Å². The van der Waals surface area contributed by atoms with Gasteiger partial charge in [0.2, 0.25) is 0 Å². The SMILES string of the molecule is C=CCCC(C)NCCN(C)C(C)C. The first kappa shape index (κ1) is 13.7. The van der Waals surface area contributed by atoms with Crippen LogP contribution in [0.3, 0.4) is 0 Å². The highest BCUT2D eigenvalue weighted by atomic mass is 15.1. The van der Waals surface area contributed by atoms with Gasteiger partial charge in [0, 0.05) is 25.2 Å². The second-order valence-electron chi connectivity index (χ2n) is 4.30. The number of hydrogen-bond donors (Lipinski definition) is 1. The summed E-state index contributed by atoms with van der Waals surface area (Å²) in [6, 6.07) is 1.24. The molecule has 0 saturated heterocycles. The molecule has 0 saturated carbocycles. The molecule has 14 heavy (non-hydrogen) atoms. The van der Waals surface area contributed by atoms with Crippen LogP contribution < -0.4 is 5.32 Å². The van der Waals surface area contributed by atoms with Crippen LogP contribution in [0.15, 0.2) is 12.7 Å². The minimum Gasteiger partial charge on any atom is -0.313 e. The number of nitrogens with one attached hydrogen (secondary N) is 1. The average Bonchev–Trinajstić information content (AvgIpc) is 2.14. The summed E-state index contributed by atoms with van der Waals surface area (Å²) in [5, 5.41) is 3.51. The lowest BCUT2D eigenvalue weighted by molar-refractivity contribution is 0.269. The van der Waals surface area contributed by atoms with Crippen molar-refractivity contribution < 1.29 is 0 Å². The summed E-state index contributed by atoms with van der Waals surface area (Å²) < 4.78 is 0. The Bertz CT molecular complexity index is 143. The van der Waals surface area contributed by atoms with E-state index in [0.29, 0.717) is 12.1 Å². The molecule has 0 aliphatic rings. The Kier molecular flexibility index (Phi) is 7.81. The van der Waals surface area contributed by atoms with Crippen LogP contribution in [0.4, 0.5) is 0 Å². The Morgan fingerprint density at radius 1 is 1.36 bits per heavy atom. The van der Waals surface area contributed by atoms with Gasteiger partial charge in [0.05, 0.1) is 0 Å². The third-order valence-corrected chi connectivity index (χ3v) is 2.64. The van der Waals surface area contributed by atoms with E-state index in [1.807, 2.05) is 6.08 Å². The largest absolute Gasteiger partial charge is 0.313 e. The van der Waals surface area contributed by atoms with Crippen molar-refractivity contribution >= 4 is 0 Å². The Labute approximate surface area is 89.4 Å². The van der Waals surface area contributed by atoms with Crippen molar-refractivity contribution in [3.05, 3.63) is 12.7 Å². The quantitative estimate of drug-likeness (QED) is 0.602. The molecule has 0 aromatic carbocycles. The van der Waals surface area contributed by atoms with Gasteiger partial charge in [0.1, 0.15) is 0 Å². The van der Waals surface area contributed by atoms with Crippen molar-refractivity contribution in [1.29, 1.82) is 0 Å². The summed E-state index contributed by atoms with van der Waals surface area (Å²) in [5.41, 5.74) is 0. The molecule has 1 atom stereocenters. The molecule has 0 bridgehead atoms. The molecule has 0 amide bonds. The highest BCUT2D eigenvalue weighted by Crippen LogP contribution is 1.96. The molecule has 2 nitrogen and oxygen atoms in total. The zero-order valence-corrected chi connectivity index (χ0v) is 10.2. The molecule has 0 rings (SSSR count). The molecule has 0 aromatic heterocycles. The number of allylic oxidation sites excluding steroid dienone is 1. The molecule has 1 N–H and O–H groups in total. The molecular weight excluding hydrogens is 172 g/mol. The Balaban J connectivity index is 3.38. The summed E-state index contributed by atoms with van der Waals surface area (Å²) in [4.78, 5) is 2.35. The third-order valence-electron chi connectivity index (χ3n) is 2.64. The highest BCUT2D eigenvalue weighted by molar-refractivity contribution is 4.71. The van der Waals surface area contributed by atoms with Crippen LogP contribution in [-0.4, -0.2) is 37.1 Å². The maximum absolute atomic E-state index is 3.73. The molecule has 84 valence electrons. The summed E-state index contributed by atoms with van der Waals surface area (Å²) in [6.45, 7) is 12.6. The lowest BCUT2D eigenvalue weighted by Gasteiger charge is -2.22. The minimum absolute atomic E-state index is 0.605. The summed E-state index contributed by atoms with van der Waals surface area (Å²) in [6.07, 6.45) is 4.28. The smallest absolute Gasteiger partial charge is 0.0107 e. The molecule has 0 aliphatic carbocycles. The van der Waals surface area contributed by atoms with Gasteiger partial charge in [-0.25, -0.2) is 0 Å². The van der Waals surface area contributed by atoms with Crippen LogP contribution in [0.2, 0.25) is 0 Å². The van der Waals surface area contributed by atoms with Gasteiger partial charge in [-0.15, -0.1) is 6.58 Å². The van der Waals surface area contributed by atoms with E-state index < -0.39 is 0 Å². The predicted octanol–water partition coefficient (Wildman–Crippen LogP) is 2.27. The molecule has 1 unspecified atom stereocenters. The van der Waals surface area contributed by atoms with Gasteiger partial charge in [-0.3, -0.25) is 0 Å². The van der Waals surface area contributed by atoms with Gasteiger partial charge >= 0.3 is 0 Å². The standard InChI is InChI=1S/C12H26N2/c1-6-7-8-12(4)13-9-10-14(5)11(2)3/h6,11-13H,1,7-10H2,2-5H3. The zero-order valence-electron chi connectivity index (χ0n) is 10.2. The highest BCUT2D eigenvalue weighted by Gasteiger charge is 2.03. The van der Waals surface area contributed by atoms with Gasteiger partial charge in [0.15, 0.2) is 0 Å². The monoisotopic (exact) mass is 198 g/mol. The van der Waals surface area contributed by atoms with Crippen LogP contribution in [0.25, 0.3) is 0 Å². The van der Waals surface area contributed by atoms with E-state index in [4.69, 9.17) is 0 Å². The minimum atomic E-state index is 0.605.